The molecule has 1 aliphatic rings. The molecule has 156 valence electrons. The van der Waals surface area contributed by atoms with Gasteiger partial charge in [0, 0.05) is 27.9 Å². The molecule has 0 atom stereocenters. The van der Waals surface area contributed by atoms with Crippen LogP contribution < -0.4 is 16.2 Å². The minimum absolute atomic E-state index is 0.0562. The third kappa shape index (κ3) is 3.20. The summed E-state index contributed by atoms with van der Waals surface area (Å²) in [7, 11) is 0. The summed E-state index contributed by atoms with van der Waals surface area (Å²) in [4.78, 5) is 26.2. The highest BCUT2D eigenvalue weighted by molar-refractivity contribution is 6.35. The highest BCUT2D eigenvalue weighted by atomic mass is 35.5. The van der Waals surface area contributed by atoms with Crippen LogP contribution in [0.2, 0.25) is 5.02 Å². The molecule has 0 aromatic heterocycles. The fraction of sp³-hybridized carbons (Fsp3) is 0. The topological polar surface area (TPSA) is 95.4 Å². The minimum Gasteiger partial charge on any atom is -0.455 e. The van der Waals surface area contributed by atoms with Crippen LogP contribution in [0.4, 0.5) is 11.4 Å². The molecule has 0 saturated heterocycles. The second kappa shape index (κ2) is 7.55. The third-order valence-corrected chi connectivity index (χ3v) is 5.71. The number of nitrogens with two attached hydrogens (primary N) is 2. The van der Waals surface area contributed by atoms with E-state index >= 15 is 0 Å². The number of anilines is 2. The maximum absolute atomic E-state index is 13.2. The SMILES string of the molecule is Nc1cc(Oc2ccc(-c3ccccc3)cc2)c(N)c2c1C(=O)c1cc(Cl)ccc1C2=O. The number of hydrogen-bond donors (Lipinski definition) is 2. The fourth-order valence-electron chi connectivity index (χ4n) is 3.90. The van der Waals surface area contributed by atoms with Gasteiger partial charge in [0.15, 0.2) is 17.3 Å². The first-order chi connectivity index (χ1) is 15.4. The maximum Gasteiger partial charge on any atom is 0.196 e. The van der Waals surface area contributed by atoms with E-state index in [1.165, 1.54) is 18.2 Å². The molecule has 6 heteroatoms. The van der Waals surface area contributed by atoms with Crippen molar-refractivity contribution in [3.8, 4) is 22.6 Å². The molecular formula is C26H17ClN2O3. The van der Waals surface area contributed by atoms with Crippen LogP contribution in [-0.4, -0.2) is 11.6 Å². The summed E-state index contributed by atoms with van der Waals surface area (Å²) in [6, 6.07) is 23.4. The highest BCUT2D eigenvalue weighted by Gasteiger charge is 2.34. The number of rotatable bonds is 3. The Morgan fingerprint density at radius 1 is 0.688 bits per heavy atom. The Hall–Kier alpha value is -4.09. The van der Waals surface area contributed by atoms with Gasteiger partial charge in [-0.3, -0.25) is 9.59 Å². The van der Waals surface area contributed by atoms with Crippen LogP contribution in [0.3, 0.4) is 0 Å². The molecule has 0 fully saturated rings. The van der Waals surface area contributed by atoms with Gasteiger partial charge in [-0.15, -0.1) is 0 Å². The van der Waals surface area contributed by atoms with Crippen molar-refractivity contribution in [3.05, 3.63) is 106 Å². The molecule has 0 unspecified atom stereocenters. The molecule has 32 heavy (non-hydrogen) atoms. The van der Waals surface area contributed by atoms with Gasteiger partial charge in [0.2, 0.25) is 0 Å². The lowest BCUT2D eigenvalue weighted by Crippen LogP contribution is -2.24. The summed E-state index contributed by atoms with van der Waals surface area (Å²) in [6.45, 7) is 0. The van der Waals surface area contributed by atoms with E-state index in [4.69, 9.17) is 27.8 Å². The van der Waals surface area contributed by atoms with Crippen molar-refractivity contribution in [1.82, 2.24) is 0 Å². The van der Waals surface area contributed by atoms with E-state index in [2.05, 4.69) is 0 Å². The van der Waals surface area contributed by atoms with Crippen LogP contribution in [0.25, 0.3) is 11.1 Å². The van der Waals surface area contributed by atoms with Crippen molar-refractivity contribution >= 4 is 34.5 Å². The molecule has 5 nitrogen and oxygen atoms in total. The monoisotopic (exact) mass is 440 g/mol. The van der Waals surface area contributed by atoms with Crippen LogP contribution in [0.5, 0.6) is 11.5 Å². The Morgan fingerprint density at radius 2 is 1.34 bits per heavy atom. The molecule has 4 aromatic carbocycles. The molecule has 0 aliphatic heterocycles. The smallest absolute Gasteiger partial charge is 0.196 e. The normalized spacial score (nSPS) is 12.3. The second-order valence-corrected chi connectivity index (χ2v) is 7.90. The quantitative estimate of drug-likeness (QED) is 0.349. The highest BCUT2D eigenvalue weighted by Crippen LogP contribution is 2.41. The Labute approximate surface area is 189 Å². The number of ether oxygens (including phenoxy) is 1. The number of halogens is 1. The number of carbonyl (C=O) groups is 2. The average Bonchev–Trinajstić information content (AvgIpc) is 2.80. The van der Waals surface area contributed by atoms with Crippen molar-refractivity contribution < 1.29 is 14.3 Å². The first kappa shape index (κ1) is 19.8. The summed E-state index contributed by atoms with van der Waals surface area (Å²) in [5.74, 6) is -0.0369. The van der Waals surface area contributed by atoms with Crippen LogP contribution in [0.15, 0.2) is 78.9 Å². The lowest BCUT2D eigenvalue weighted by atomic mass is 9.82. The number of carbonyl (C=O) groups excluding carboxylic acids is 2. The van der Waals surface area contributed by atoms with Crippen LogP contribution >= 0.6 is 11.6 Å². The van der Waals surface area contributed by atoms with Gasteiger partial charge in [0.25, 0.3) is 0 Å². The Kier molecular flexibility index (Phi) is 4.68. The van der Waals surface area contributed by atoms with Crippen molar-refractivity contribution in [2.24, 2.45) is 0 Å². The molecule has 0 amide bonds. The van der Waals surface area contributed by atoms with Gasteiger partial charge in [-0.05, 0) is 41.5 Å². The van der Waals surface area contributed by atoms with E-state index in [0.29, 0.717) is 10.8 Å². The van der Waals surface area contributed by atoms with E-state index in [1.807, 2.05) is 54.6 Å². The first-order valence-corrected chi connectivity index (χ1v) is 10.3. The largest absolute Gasteiger partial charge is 0.455 e. The minimum atomic E-state index is -0.389. The second-order valence-electron chi connectivity index (χ2n) is 7.47. The molecule has 0 radical (unpaired) electrons. The van der Waals surface area contributed by atoms with Gasteiger partial charge < -0.3 is 16.2 Å². The summed E-state index contributed by atoms with van der Waals surface area (Å²) < 4.78 is 5.95. The van der Waals surface area contributed by atoms with E-state index in [9.17, 15) is 9.59 Å². The van der Waals surface area contributed by atoms with Crippen LogP contribution in [0, 0.1) is 0 Å². The number of ketones is 2. The molecular weight excluding hydrogens is 424 g/mol. The van der Waals surface area contributed by atoms with Gasteiger partial charge in [-0.1, -0.05) is 54.1 Å². The standard InChI is InChI=1S/C26H17ClN2O3/c27-16-8-11-18-19(12-16)26(31)22-20(28)13-21(24(29)23(22)25(18)30)32-17-9-6-15(7-10-17)14-4-2-1-3-5-14/h1-13H,28-29H2. The molecule has 4 N–H and O–H groups in total. The summed E-state index contributed by atoms with van der Waals surface area (Å²) in [6.07, 6.45) is 0. The number of fused-ring (bicyclic) bond motifs is 2. The molecule has 1 aliphatic carbocycles. The van der Waals surface area contributed by atoms with Gasteiger partial charge in [-0.2, -0.15) is 0 Å². The Bertz CT molecular complexity index is 1400. The fourth-order valence-corrected chi connectivity index (χ4v) is 4.08. The van der Waals surface area contributed by atoms with Gasteiger partial charge in [0.05, 0.1) is 16.8 Å². The van der Waals surface area contributed by atoms with Gasteiger partial charge >= 0.3 is 0 Å². The zero-order valence-corrected chi connectivity index (χ0v) is 17.5. The summed E-state index contributed by atoms with van der Waals surface area (Å²) in [5.41, 5.74) is 15.4. The van der Waals surface area contributed by atoms with Crippen LogP contribution in [0.1, 0.15) is 31.8 Å². The average molecular weight is 441 g/mol. The van der Waals surface area contributed by atoms with Crippen molar-refractivity contribution in [2.45, 2.75) is 0 Å². The zero-order valence-electron chi connectivity index (χ0n) is 16.8. The lowest BCUT2D eigenvalue weighted by Gasteiger charge is -2.22. The zero-order chi connectivity index (χ0) is 22.4. The first-order valence-electron chi connectivity index (χ1n) is 9.88. The van der Waals surface area contributed by atoms with Crippen molar-refractivity contribution in [3.63, 3.8) is 0 Å². The van der Waals surface area contributed by atoms with E-state index in [0.717, 1.165) is 11.1 Å². The van der Waals surface area contributed by atoms with Crippen LogP contribution in [-0.2, 0) is 0 Å². The van der Waals surface area contributed by atoms with Gasteiger partial charge in [-0.25, -0.2) is 0 Å². The summed E-state index contributed by atoms with van der Waals surface area (Å²) >= 11 is 6.01. The lowest BCUT2D eigenvalue weighted by molar-refractivity contribution is 0.0980. The maximum atomic E-state index is 13.2. The van der Waals surface area contributed by atoms with Crippen molar-refractivity contribution in [1.29, 1.82) is 0 Å². The number of hydrogen-bond acceptors (Lipinski definition) is 5. The van der Waals surface area contributed by atoms with E-state index < -0.39 is 0 Å². The number of benzene rings is 4. The summed E-state index contributed by atoms with van der Waals surface area (Å²) in [5, 5.41) is 0.360. The Morgan fingerprint density at radius 3 is 2.06 bits per heavy atom. The molecule has 0 saturated carbocycles. The van der Waals surface area contributed by atoms with E-state index in [1.54, 1.807) is 6.07 Å². The number of nitrogen functional groups attached to an aromatic ring is 2. The molecule has 5 rings (SSSR count). The molecule has 0 heterocycles. The predicted octanol–water partition coefficient (Wildman–Crippen LogP) is 5.74. The predicted molar refractivity (Wildman–Crippen MR) is 126 cm³/mol. The van der Waals surface area contributed by atoms with E-state index in [-0.39, 0.29) is 50.9 Å². The third-order valence-electron chi connectivity index (χ3n) is 5.47. The molecule has 0 spiro atoms. The Balaban J connectivity index is 1.53. The van der Waals surface area contributed by atoms with Gasteiger partial charge in [0.1, 0.15) is 5.75 Å². The molecule has 0 bridgehead atoms. The molecule has 4 aromatic rings. The van der Waals surface area contributed by atoms with Crippen molar-refractivity contribution in [2.75, 3.05) is 11.5 Å².